The first-order valence-corrected chi connectivity index (χ1v) is 6.36. The van der Waals surface area contributed by atoms with E-state index in [-0.39, 0.29) is 0 Å². The Bertz CT molecular complexity index is 513. The number of nitrogens with one attached hydrogen (secondary N) is 1. The zero-order chi connectivity index (χ0) is 12.4. The van der Waals surface area contributed by atoms with E-state index in [1.165, 1.54) is 12.8 Å². The predicted octanol–water partition coefficient (Wildman–Crippen LogP) is 1.34. The molecule has 1 unspecified atom stereocenters. The lowest BCUT2D eigenvalue weighted by Crippen LogP contribution is -2.29. The van der Waals surface area contributed by atoms with Crippen LogP contribution in [0.5, 0.6) is 0 Å². The molecule has 1 N–H and O–H groups in total. The van der Waals surface area contributed by atoms with Crippen LogP contribution in [0, 0.1) is 0 Å². The number of piperidine rings is 1. The van der Waals surface area contributed by atoms with E-state index in [1.54, 1.807) is 12.4 Å². The number of pyridine rings is 1. The number of aromatic nitrogens is 4. The van der Waals surface area contributed by atoms with Gasteiger partial charge in [0, 0.05) is 37.5 Å². The maximum Gasteiger partial charge on any atom is 0.158 e. The van der Waals surface area contributed by atoms with Crippen molar-refractivity contribution in [2.75, 3.05) is 13.1 Å². The van der Waals surface area contributed by atoms with Crippen LogP contribution in [0.4, 0.5) is 0 Å². The van der Waals surface area contributed by atoms with Crippen LogP contribution in [0.15, 0.2) is 24.5 Å². The first kappa shape index (κ1) is 11.3. The lowest BCUT2D eigenvalue weighted by Gasteiger charge is -2.19. The molecular formula is C13H17N5. The Hall–Kier alpha value is -1.75. The van der Waals surface area contributed by atoms with Gasteiger partial charge in [0.1, 0.15) is 0 Å². The van der Waals surface area contributed by atoms with Crippen LogP contribution in [0.25, 0.3) is 11.4 Å². The van der Waals surface area contributed by atoms with Crippen LogP contribution in [-0.2, 0) is 7.05 Å². The van der Waals surface area contributed by atoms with E-state index in [4.69, 9.17) is 0 Å². The minimum atomic E-state index is 0.445. The fourth-order valence-corrected chi connectivity index (χ4v) is 2.40. The molecule has 5 nitrogen and oxygen atoms in total. The molecule has 2 aromatic rings. The Labute approximate surface area is 106 Å². The predicted molar refractivity (Wildman–Crippen MR) is 69.1 cm³/mol. The minimum Gasteiger partial charge on any atom is -0.316 e. The second-order valence-corrected chi connectivity index (χ2v) is 4.70. The third-order valence-electron chi connectivity index (χ3n) is 3.38. The van der Waals surface area contributed by atoms with Gasteiger partial charge < -0.3 is 5.32 Å². The minimum absolute atomic E-state index is 0.445. The largest absolute Gasteiger partial charge is 0.316 e. The second-order valence-electron chi connectivity index (χ2n) is 4.70. The van der Waals surface area contributed by atoms with Gasteiger partial charge in [-0.3, -0.25) is 4.98 Å². The number of hydrogen-bond donors (Lipinski definition) is 1. The highest BCUT2D eigenvalue weighted by Crippen LogP contribution is 2.23. The van der Waals surface area contributed by atoms with Crippen LogP contribution < -0.4 is 5.32 Å². The standard InChI is InChI=1S/C13H17N5/c1-18-13(10-4-7-14-8-5-10)16-12(17-18)11-3-2-6-15-9-11/h4-5,7-8,11,15H,2-3,6,9H2,1H3. The van der Waals surface area contributed by atoms with Gasteiger partial charge in [-0.15, -0.1) is 0 Å². The molecule has 18 heavy (non-hydrogen) atoms. The summed E-state index contributed by atoms with van der Waals surface area (Å²) < 4.78 is 1.86. The Morgan fingerprint density at radius 3 is 2.89 bits per heavy atom. The molecule has 3 heterocycles. The molecule has 1 saturated heterocycles. The summed E-state index contributed by atoms with van der Waals surface area (Å²) in [4.78, 5) is 8.72. The molecule has 0 amide bonds. The molecule has 3 rings (SSSR count). The maximum absolute atomic E-state index is 4.69. The fourth-order valence-electron chi connectivity index (χ4n) is 2.40. The van der Waals surface area contributed by atoms with Gasteiger partial charge in [0.05, 0.1) is 0 Å². The van der Waals surface area contributed by atoms with E-state index in [1.807, 2.05) is 23.9 Å². The Balaban J connectivity index is 1.91. The molecule has 0 spiro atoms. The number of aryl methyl sites for hydroxylation is 1. The number of nitrogens with zero attached hydrogens (tertiary/aromatic N) is 4. The van der Waals surface area contributed by atoms with Gasteiger partial charge in [-0.2, -0.15) is 5.10 Å². The van der Waals surface area contributed by atoms with E-state index in [0.717, 1.165) is 30.3 Å². The van der Waals surface area contributed by atoms with Crippen molar-refractivity contribution < 1.29 is 0 Å². The van der Waals surface area contributed by atoms with Crippen molar-refractivity contribution in [2.24, 2.45) is 7.05 Å². The first-order valence-electron chi connectivity index (χ1n) is 6.36. The highest BCUT2D eigenvalue weighted by Gasteiger charge is 2.20. The van der Waals surface area contributed by atoms with Crippen LogP contribution in [0.3, 0.4) is 0 Å². The van der Waals surface area contributed by atoms with Crippen LogP contribution >= 0.6 is 0 Å². The molecule has 94 valence electrons. The van der Waals surface area contributed by atoms with Crippen molar-refractivity contribution in [3.05, 3.63) is 30.4 Å². The molecule has 1 atom stereocenters. The molecule has 1 aliphatic rings. The molecular weight excluding hydrogens is 226 g/mol. The maximum atomic E-state index is 4.69. The molecule has 1 fully saturated rings. The first-order chi connectivity index (χ1) is 8.84. The van der Waals surface area contributed by atoms with Gasteiger partial charge in [0.25, 0.3) is 0 Å². The lowest BCUT2D eigenvalue weighted by molar-refractivity contribution is 0.445. The molecule has 0 aliphatic carbocycles. The summed E-state index contributed by atoms with van der Waals surface area (Å²) in [6, 6.07) is 3.93. The number of hydrogen-bond acceptors (Lipinski definition) is 4. The second kappa shape index (κ2) is 4.86. The van der Waals surface area contributed by atoms with Gasteiger partial charge in [0.15, 0.2) is 11.6 Å². The summed E-state index contributed by atoms with van der Waals surface area (Å²) in [5.74, 6) is 2.31. The monoisotopic (exact) mass is 243 g/mol. The summed E-state index contributed by atoms with van der Waals surface area (Å²) in [6.07, 6.45) is 5.94. The third kappa shape index (κ3) is 2.13. The van der Waals surface area contributed by atoms with Crippen molar-refractivity contribution in [1.82, 2.24) is 25.1 Å². The summed E-state index contributed by atoms with van der Waals surface area (Å²) >= 11 is 0. The average Bonchev–Trinajstić information content (AvgIpc) is 2.83. The van der Waals surface area contributed by atoms with Crippen LogP contribution in [0.1, 0.15) is 24.6 Å². The Morgan fingerprint density at radius 2 is 2.17 bits per heavy atom. The Kier molecular flexibility index (Phi) is 3.06. The molecule has 0 aromatic carbocycles. The SMILES string of the molecule is Cn1nc(C2CCCNC2)nc1-c1ccncc1. The van der Waals surface area contributed by atoms with Crippen molar-refractivity contribution in [2.45, 2.75) is 18.8 Å². The quantitative estimate of drug-likeness (QED) is 0.865. The highest BCUT2D eigenvalue weighted by atomic mass is 15.3. The topological polar surface area (TPSA) is 55.6 Å². The van der Waals surface area contributed by atoms with Gasteiger partial charge in [0.2, 0.25) is 0 Å². The zero-order valence-electron chi connectivity index (χ0n) is 10.5. The van der Waals surface area contributed by atoms with Crippen molar-refractivity contribution >= 4 is 0 Å². The third-order valence-corrected chi connectivity index (χ3v) is 3.38. The number of rotatable bonds is 2. The average molecular weight is 243 g/mol. The van der Waals surface area contributed by atoms with E-state index < -0.39 is 0 Å². The normalized spacial score (nSPS) is 19.9. The molecule has 0 radical (unpaired) electrons. The van der Waals surface area contributed by atoms with Gasteiger partial charge in [-0.1, -0.05) is 0 Å². The summed E-state index contributed by atoms with van der Waals surface area (Å²) in [5, 5.41) is 7.96. The van der Waals surface area contributed by atoms with Crippen molar-refractivity contribution in [3.63, 3.8) is 0 Å². The van der Waals surface area contributed by atoms with Crippen LogP contribution in [0.2, 0.25) is 0 Å². The van der Waals surface area contributed by atoms with E-state index in [2.05, 4.69) is 20.4 Å². The molecule has 2 aromatic heterocycles. The van der Waals surface area contributed by atoms with E-state index in [9.17, 15) is 0 Å². The van der Waals surface area contributed by atoms with Gasteiger partial charge in [-0.05, 0) is 31.5 Å². The molecule has 5 heteroatoms. The fraction of sp³-hybridized carbons (Fsp3) is 0.462. The van der Waals surface area contributed by atoms with E-state index >= 15 is 0 Å². The van der Waals surface area contributed by atoms with Gasteiger partial charge >= 0.3 is 0 Å². The zero-order valence-corrected chi connectivity index (χ0v) is 10.5. The summed E-state index contributed by atoms with van der Waals surface area (Å²) in [7, 11) is 1.95. The molecule has 1 aliphatic heterocycles. The Morgan fingerprint density at radius 1 is 1.33 bits per heavy atom. The van der Waals surface area contributed by atoms with Crippen molar-refractivity contribution in [1.29, 1.82) is 0 Å². The smallest absolute Gasteiger partial charge is 0.158 e. The van der Waals surface area contributed by atoms with Gasteiger partial charge in [-0.25, -0.2) is 9.67 Å². The molecule has 0 bridgehead atoms. The summed E-state index contributed by atoms with van der Waals surface area (Å²) in [5.41, 5.74) is 1.06. The summed E-state index contributed by atoms with van der Waals surface area (Å²) in [6.45, 7) is 2.10. The van der Waals surface area contributed by atoms with Crippen LogP contribution in [-0.4, -0.2) is 32.8 Å². The lowest BCUT2D eigenvalue weighted by atomic mass is 9.99. The van der Waals surface area contributed by atoms with E-state index in [0.29, 0.717) is 5.92 Å². The highest BCUT2D eigenvalue weighted by molar-refractivity contribution is 5.53. The molecule has 0 saturated carbocycles. The van der Waals surface area contributed by atoms with Crippen molar-refractivity contribution in [3.8, 4) is 11.4 Å².